The lowest BCUT2D eigenvalue weighted by atomic mass is 9.86. The first-order chi connectivity index (χ1) is 16.1. The normalized spacial score (nSPS) is 20.2. The minimum absolute atomic E-state index is 0.0685. The van der Waals surface area contributed by atoms with Crippen LogP contribution in [0, 0.1) is 5.92 Å². The second-order valence-corrected chi connectivity index (χ2v) is 11.3. The van der Waals surface area contributed by atoms with Crippen molar-refractivity contribution in [2.75, 3.05) is 37.0 Å². The third-order valence-corrected chi connectivity index (χ3v) is 8.53. The predicted octanol–water partition coefficient (Wildman–Crippen LogP) is 3.38. The first-order valence-electron chi connectivity index (χ1n) is 11.5. The minimum atomic E-state index is -3.81. The molecule has 0 radical (unpaired) electrons. The van der Waals surface area contributed by atoms with E-state index in [-0.39, 0.29) is 23.3 Å². The van der Waals surface area contributed by atoms with E-state index in [9.17, 15) is 18.0 Å². The van der Waals surface area contributed by atoms with Gasteiger partial charge in [-0.2, -0.15) is 4.31 Å². The number of ether oxygens (including phenoxy) is 1. The predicted molar refractivity (Wildman–Crippen MR) is 131 cm³/mol. The maximum absolute atomic E-state index is 13.5. The molecule has 8 nitrogen and oxygen atoms in total. The van der Waals surface area contributed by atoms with Gasteiger partial charge in [-0.1, -0.05) is 0 Å². The Bertz CT molecular complexity index is 1210. The Labute approximate surface area is 200 Å². The van der Waals surface area contributed by atoms with Gasteiger partial charge < -0.3 is 15.0 Å². The van der Waals surface area contributed by atoms with Crippen LogP contribution in [0.5, 0.6) is 5.75 Å². The van der Waals surface area contributed by atoms with Gasteiger partial charge in [-0.3, -0.25) is 9.59 Å². The van der Waals surface area contributed by atoms with Crippen LogP contribution in [0.3, 0.4) is 0 Å². The van der Waals surface area contributed by atoms with Crippen molar-refractivity contribution in [3.63, 3.8) is 0 Å². The van der Waals surface area contributed by atoms with Gasteiger partial charge in [0.2, 0.25) is 21.8 Å². The van der Waals surface area contributed by atoms with Gasteiger partial charge in [-0.25, -0.2) is 8.42 Å². The average molecular weight is 486 g/mol. The topological polar surface area (TPSA) is 96.0 Å². The van der Waals surface area contributed by atoms with Crippen LogP contribution in [0.15, 0.2) is 47.4 Å². The molecule has 182 valence electrons. The molecule has 0 aromatic heterocycles. The van der Waals surface area contributed by atoms with E-state index in [1.165, 1.54) is 4.31 Å². The SMILES string of the molecule is CCOc1ccc(NC(=O)[C@H]2CCCN(S(=O)(=O)c3ccc4c(c3)C(C)(C)C(=O)N4C)C2)cc1. The van der Waals surface area contributed by atoms with Crippen LogP contribution >= 0.6 is 0 Å². The zero-order valence-corrected chi connectivity index (χ0v) is 20.8. The summed E-state index contributed by atoms with van der Waals surface area (Å²) in [5.41, 5.74) is 1.27. The van der Waals surface area contributed by atoms with Gasteiger partial charge in [0.05, 0.1) is 22.8 Å². The van der Waals surface area contributed by atoms with Crippen molar-refractivity contribution in [1.29, 1.82) is 0 Å². The zero-order chi connectivity index (χ0) is 24.7. The summed E-state index contributed by atoms with van der Waals surface area (Å²) in [5.74, 6) is 0.00179. The van der Waals surface area contributed by atoms with Crippen LogP contribution in [0.1, 0.15) is 39.2 Å². The highest BCUT2D eigenvalue weighted by Crippen LogP contribution is 2.42. The molecule has 2 aliphatic heterocycles. The molecule has 1 saturated heterocycles. The van der Waals surface area contributed by atoms with Gasteiger partial charge >= 0.3 is 0 Å². The molecule has 9 heteroatoms. The maximum atomic E-state index is 13.5. The first-order valence-corrected chi connectivity index (χ1v) is 13.0. The molecule has 0 saturated carbocycles. The number of likely N-dealkylation sites (N-methyl/N-ethyl adjacent to an activating group) is 1. The second-order valence-electron chi connectivity index (χ2n) is 9.32. The summed E-state index contributed by atoms with van der Waals surface area (Å²) in [7, 11) is -2.12. The summed E-state index contributed by atoms with van der Waals surface area (Å²) >= 11 is 0. The van der Waals surface area contributed by atoms with E-state index in [0.717, 1.165) is 11.4 Å². The van der Waals surface area contributed by atoms with Gasteiger partial charge in [-0.15, -0.1) is 0 Å². The largest absolute Gasteiger partial charge is 0.494 e. The first kappa shape index (κ1) is 24.2. The summed E-state index contributed by atoms with van der Waals surface area (Å²) in [6, 6.07) is 12.0. The standard InChI is InChI=1S/C25H31N3O5S/c1-5-33-19-10-8-18(9-11-19)26-23(29)17-7-6-14-28(16-17)34(31,32)20-12-13-22-21(15-20)25(2,3)24(30)27(22)4/h8-13,15,17H,5-7,14,16H2,1-4H3,(H,26,29)/t17-/m0/s1. The Morgan fingerprint density at radius 1 is 1.18 bits per heavy atom. The van der Waals surface area contributed by atoms with Crippen LogP contribution < -0.4 is 15.0 Å². The number of anilines is 2. The number of carbonyl (C=O) groups is 2. The van der Waals surface area contributed by atoms with E-state index in [1.807, 2.05) is 6.92 Å². The van der Waals surface area contributed by atoms with Gasteiger partial charge in [-0.05, 0) is 81.6 Å². The molecule has 2 aromatic rings. The quantitative estimate of drug-likeness (QED) is 0.677. The smallest absolute Gasteiger partial charge is 0.243 e. The summed E-state index contributed by atoms with van der Waals surface area (Å²) in [6.07, 6.45) is 1.21. The molecular formula is C25H31N3O5S. The van der Waals surface area contributed by atoms with Crippen molar-refractivity contribution in [3.8, 4) is 5.75 Å². The number of carbonyl (C=O) groups excluding carboxylic acids is 2. The minimum Gasteiger partial charge on any atom is -0.494 e. The number of nitrogens with zero attached hydrogens (tertiary/aromatic N) is 2. The molecule has 2 aromatic carbocycles. The molecule has 34 heavy (non-hydrogen) atoms. The Balaban J connectivity index is 1.50. The Morgan fingerprint density at radius 3 is 2.56 bits per heavy atom. The molecule has 0 spiro atoms. The average Bonchev–Trinajstić information content (AvgIpc) is 3.00. The highest BCUT2D eigenvalue weighted by molar-refractivity contribution is 7.89. The van der Waals surface area contributed by atoms with Crippen LogP contribution in [0.25, 0.3) is 0 Å². The number of rotatable bonds is 6. The van der Waals surface area contributed by atoms with Crippen LogP contribution in [-0.4, -0.2) is 51.3 Å². The lowest BCUT2D eigenvalue weighted by Crippen LogP contribution is -2.43. The fourth-order valence-electron chi connectivity index (χ4n) is 4.68. The van der Waals surface area contributed by atoms with E-state index in [0.29, 0.717) is 37.2 Å². The maximum Gasteiger partial charge on any atom is 0.243 e. The van der Waals surface area contributed by atoms with Gasteiger partial charge in [0, 0.05) is 31.5 Å². The van der Waals surface area contributed by atoms with Crippen molar-refractivity contribution in [1.82, 2.24) is 4.31 Å². The van der Waals surface area contributed by atoms with E-state index in [1.54, 1.807) is 68.3 Å². The zero-order valence-electron chi connectivity index (χ0n) is 20.0. The monoisotopic (exact) mass is 485 g/mol. The molecule has 0 bridgehead atoms. The fourth-order valence-corrected chi connectivity index (χ4v) is 6.23. The molecule has 1 atom stereocenters. The summed E-state index contributed by atoms with van der Waals surface area (Å²) in [5, 5.41) is 2.89. The number of hydrogen-bond donors (Lipinski definition) is 1. The Kier molecular flexibility index (Phi) is 6.44. The molecule has 2 amide bonds. The molecule has 0 unspecified atom stereocenters. The third-order valence-electron chi connectivity index (χ3n) is 6.67. The summed E-state index contributed by atoms with van der Waals surface area (Å²) < 4.78 is 33.7. The Morgan fingerprint density at radius 2 is 1.88 bits per heavy atom. The molecule has 1 fully saturated rings. The molecule has 1 N–H and O–H groups in total. The molecule has 0 aliphatic carbocycles. The number of benzene rings is 2. The number of piperidine rings is 1. The van der Waals surface area contributed by atoms with Gasteiger partial charge in [0.15, 0.2) is 0 Å². The van der Waals surface area contributed by atoms with Crippen molar-refractivity contribution in [2.45, 2.75) is 43.9 Å². The molecular weight excluding hydrogens is 454 g/mol. The van der Waals surface area contributed by atoms with E-state index in [2.05, 4.69) is 5.32 Å². The van der Waals surface area contributed by atoms with Crippen molar-refractivity contribution < 1.29 is 22.7 Å². The third kappa shape index (κ3) is 4.30. The number of hydrogen-bond acceptors (Lipinski definition) is 5. The van der Waals surface area contributed by atoms with Gasteiger partial charge in [0.1, 0.15) is 5.75 Å². The lowest BCUT2D eigenvalue weighted by Gasteiger charge is -2.31. The summed E-state index contributed by atoms with van der Waals surface area (Å²) in [6.45, 7) is 6.54. The van der Waals surface area contributed by atoms with Crippen molar-refractivity contribution >= 4 is 33.2 Å². The van der Waals surface area contributed by atoms with Gasteiger partial charge in [0.25, 0.3) is 0 Å². The fraction of sp³-hybridized carbons (Fsp3) is 0.440. The van der Waals surface area contributed by atoms with E-state index in [4.69, 9.17) is 4.74 Å². The van der Waals surface area contributed by atoms with Crippen molar-refractivity contribution in [2.24, 2.45) is 5.92 Å². The molecule has 2 heterocycles. The second kappa shape index (κ2) is 9.03. The highest BCUT2D eigenvalue weighted by atomic mass is 32.2. The molecule has 2 aliphatic rings. The van der Waals surface area contributed by atoms with Crippen molar-refractivity contribution in [3.05, 3.63) is 48.0 Å². The Hall–Kier alpha value is -2.91. The molecule has 4 rings (SSSR count). The number of sulfonamides is 1. The van der Waals surface area contributed by atoms with Crippen LogP contribution in [0.4, 0.5) is 11.4 Å². The highest BCUT2D eigenvalue weighted by Gasteiger charge is 2.43. The van der Waals surface area contributed by atoms with E-state index >= 15 is 0 Å². The van der Waals surface area contributed by atoms with E-state index < -0.39 is 21.4 Å². The van der Waals surface area contributed by atoms with Crippen LogP contribution in [0.2, 0.25) is 0 Å². The summed E-state index contributed by atoms with van der Waals surface area (Å²) in [4.78, 5) is 27.2. The number of amides is 2. The van der Waals surface area contributed by atoms with Crippen LogP contribution in [-0.2, 0) is 25.0 Å². The number of fused-ring (bicyclic) bond motifs is 1. The number of nitrogens with one attached hydrogen (secondary N) is 1. The lowest BCUT2D eigenvalue weighted by molar-refractivity contribution is -0.122.